The summed E-state index contributed by atoms with van der Waals surface area (Å²) < 4.78 is 8.06. The van der Waals surface area contributed by atoms with Gasteiger partial charge in [-0.2, -0.15) is 0 Å². The third-order valence-corrected chi connectivity index (χ3v) is 8.36. The van der Waals surface area contributed by atoms with Gasteiger partial charge in [0.2, 0.25) is 5.91 Å². The van der Waals surface area contributed by atoms with Crippen molar-refractivity contribution in [3.05, 3.63) is 83.2 Å². The highest BCUT2D eigenvalue weighted by Gasteiger charge is 2.40. The Balaban J connectivity index is 1.18. The van der Waals surface area contributed by atoms with Crippen molar-refractivity contribution < 1.29 is 9.53 Å². The zero-order valence-corrected chi connectivity index (χ0v) is 25.0. The second-order valence-corrected chi connectivity index (χ2v) is 11.4. The van der Waals surface area contributed by atoms with Crippen LogP contribution in [0.4, 0.5) is 11.5 Å². The van der Waals surface area contributed by atoms with E-state index in [1.807, 2.05) is 54.6 Å². The molecule has 0 spiro atoms. The number of hydrogen-bond donors (Lipinski definition) is 1. The van der Waals surface area contributed by atoms with Gasteiger partial charge in [-0.25, -0.2) is 19.9 Å². The van der Waals surface area contributed by atoms with Crippen LogP contribution in [0.25, 0.3) is 23.8 Å². The highest BCUT2D eigenvalue weighted by atomic mass is 16.5. The van der Waals surface area contributed by atoms with Gasteiger partial charge < -0.3 is 24.4 Å². The van der Waals surface area contributed by atoms with Crippen LogP contribution in [-0.2, 0) is 11.8 Å². The monoisotopic (exact) mass is 576 g/mol. The van der Waals surface area contributed by atoms with Gasteiger partial charge in [0.1, 0.15) is 29.2 Å². The smallest absolute Gasteiger partial charge is 0.246 e. The summed E-state index contributed by atoms with van der Waals surface area (Å²) in [6.45, 7) is 16.6. The Hall–Kier alpha value is -4.99. The maximum atomic E-state index is 12.2. The van der Waals surface area contributed by atoms with Crippen molar-refractivity contribution in [2.45, 2.75) is 33.2 Å². The molecule has 1 amide bonds. The minimum atomic E-state index is 0.0256. The first-order chi connectivity index (χ1) is 20.7. The van der Waals surface area contributed by atoms with Crippen molar-refractivity contribution >= 4 is 41.2 Å². The van der Waals surface area contributed by atoms with Gasteiger partial charge in [-0.05, 0) is 74.6 Å². The van der Waals surface area contributed by atoms with Crippen molar-refractivity contribution in [1.82, 2.24) is 34.3 Å². The molecule has 0 aliphatic carbocycles. The number of carbonyl (C=O) groups excluding carboxylic acids is 1. The highest BCUT2D eigenvalue weighted by Crippen LogP contribution is 2.33. The first-order valence-corrected chi connectivity index (χ1v) is 14.4. The number of pyridine rings is 1. The standard InChI is InChI=1S/C33H36N8O2/c1-7-31(42)41-16-24-12-25(41)17-40(15-24)22(4)8-9-27-23(5)32(36-18-35-27)38-28-10-21(3)30(11-20(28)2)43-26-13-29-33(34-14-26)39(6)19-37-29/h7-11,13-14,18-19,24-25H,1,5,12,15-17H2,2-4,6H3,(H,35,36,38)/b22-8+,27-9+/t24-,25+/m0/s1. The number of likely N-dealkylation sites (tertiary alicyclic amines) is 2. The molecule has 3 aromatic heterocycles. The molecule has 2 aliphatic rings. The molecule has 10 nitrogen and oxygen atoms in total. The summed E-state index contributed by atoms with van der Waals surface area (Å²) in [5.74, 6) is 2.53. The quantitative estimate of drug-likeness (QED) is 0.332. The number of anilines is 2. The Labute approximate surface area is 250 Å². The molecule has 220 valence electrons. The van der Waals surface area contributed by atoms with Crippen LogP contribution in [-0.4, -0.2) is 65.9 Å². The van der Waals surface area contributed by atoms with Gasteiger partial charge in [0.05, 0.1) is 17.9 Å². The van der Waals surface area contributed by atoms with Gasteiger partial charge >= 0.3 is 0 Å². The lowest BCUT2D eigenvalue weighted by Gasteiger charge is -2.34. The lowest BCUT2D eigenvalue weighted by molar-refractivity contribution is -0.126. The molecule has 10 heteroatoms. The predicted octanol–water partition coefficient (Wildman–Crippen LogP) is 3.72. The van der Waals surface area contributed by atoms with Gasteiger partial charge in [0, 0.05) is 55.4 Å². The number of aryl methyl sites for hydroxylation is 3. The van der Waals surface area contributed by atoms with Crippen LogP contribution in [0, 0.1) is 19.8 Å². The average molecular weight is 577 g/mol. The molecule has 43 heavy (non-hydrogen) atoms. The van der Waals surface area contributed by atoms with Crippen molar-refractivity contribution in [1.29, 1.82) is 0 Å². The number of fused-ring (bicyclic) bond motifs is 3. The summed E-state index contributed by atoms with van der Waals surface area (Å²) in [5.41, 5.74) is 5.59. The Morgan fingerprint density at radius 1 is 1.09 bits per heavy atom. The van der Waals surface area contributed by atoms with Crippen molar-refractivity contribution in [3.63, 3.8) is 0 Å². The minimum absolute atomic E-state index is 0.0256. The third kappa shape index (κ3) is 5.60. The van der Waals surface area contributed by atoms with Crippen LogP contribution in [0.3, 0.4) is 0 Å². The second kappa shape index (κ2) is 11.4. The van der Waals surface area contributed by atoms with E-state index in [9.17, 15) is 4.79 Å². The van der Waals surface area contributed by atoms with Crippen LogP contribution < -0.4 is 20.6 Å². The summed E-state index contributed by atoms with van der Waals surface area (Å²) in [7, 11) is 1.91. The van der Waals surface area contributed by atoms with Crippen LogP contribution in [0.1, 0.15) is 24.5 Å². The number of ether oxygens (including phenoxy) is 1. The highest BCUT2D eigenvalue weighted by molar-refractivity contribution is 5.87. The number of rotatable bonds is 7. The van der Waals surface area contributed by atoms with E-state index < -0.39 is 0 Å². The van der Waals surface area contributed by atoms with Gasteiger partial charge in [-0.1, -0.05) is 13.2 Å². The van der Waals surface area contributed by atoms with E-state index in [1.165, 1.54) is 6.08 Å². The number of benzene rings is 1. The number of carbonyl (C=O) groups is 1. The zero-order valence-electron chi connectivity index (χ0n) is 25.0. The molecule has 4 aromatic rings. The summed E-state index contributed by atoms with van der Waals surface area (Å²) >= 11 is 0. The fourth-order valence-corrected chi connectivity index (χ4v) is 5.96. The molecule has 2 atom stereocenters. The molecular weight excluding hydrogens is 540 g/mol. The molecular formula is C33H36N8O2. The number of hydrogen-bond acceptors (Lipinski definition) is 8. The second-order valence-electron chi connectivity index (χ2n) is 11.4. The Morgan fingerprint density at radius 2 is 1.93 bits per heavy atom. The molecule has 5 heterocycles. The topological polar surface area (TPSA) is 101 Å². The van der Waals surface area contributed by atoms with Gasteiger partial charge in [-0.3, -0.25) is 4.79 Å². The molecule has 0 saturated carbocycles. The normalized spacial score (nSPS) is 18.8. The maximum Gasteiger partial charge on any atom is 0.246 e. The minimum Gasteiger partial charge on any atom is -0.455 e. The molecule has 2 aliphatic heterocycles. The van der Waals surface area contributed by atoms with Crippen molar-refractivity contribution in [3.8, 4) is 11.5 Å². The van der Waals surface area contributed by atoms with E-state index in [0.717, 1.165) is 70.8 Å². The molecule has 0 unspecified atom stereocenters. The summed E-state index contributed by atoms with van der Waals surface area (Å²) in [4.78, 5) is 34.4. The first kappa shape index (κ1) is 28.1. The van der Waals surface area contributed by atoms with E-state index in [2.05, 4.69) is 56.3 Å². The molecule has 1 N–H and O–H groups in total. The average Bonchev–Trinajstić information content (AvgIpc) is 3.52. The summed E-state index contributed by atoms with van der Waals surface area (Å²) in [6, 6.07) is 6.16. The van der Waals surface area contributed by atoms with Crippen LogP contribution in [0.2, 0.25) is 0 Å². The molecule has 2 fully saturated rings. The Bertz CT molecular complexity index is 1880. The van der Waals surface area contributed by atoms with Crippen LogP contribution in [0.5, 0.6) is 11.5 Å². The summed E-state index contributed by atoms with van der Waals surface area (Å²) in [6.07, 6.45) is 11.5. The van der Waals surface area contributed by atoms with Crippen LogP contribution >= 0.6 is 0 Å². The Kier molecular flexibility index (Phi) is 7.43. The van der Waals surface area contributed by atoms with Crippen LogP contribution in [0.15, 0.2) is 61.5 Å². The van der Waals surface area contributed by atoms with E-state index in [0.29, 0.717) is 22.7 Å². The number of amides is 1. The SMILES string of the molecule is C=CC(=O)N1C[C@H]2C[C@@H]1CN(/C(C)=C/C=c1/ncnc(Nc3cc(C)c(Oc4cnc5c(c4)ncn5C)cc3C)c1=C)C2. The van der Waals surface area contributed by atoms with E-state index in [1.54, 1.807) is 18.9 Å². The predicted molar refractivity (Wildman–Crippen MR) is 168 cm³/mol. The number of allylic oxidation sites excluding steroid dienone is 2. The van der Waals surface area contributed by atoms with Gasteiger partial charge in [0.25, 0.3) is 0 Å². The van der Waals surface area contributed by atoms with E-state index in [-0.39, 0.29) is 11.9 Å². The van der Waals surface area contributed by atoms with Gasteiger partial charge in [-0.15, -0.1) is 0 Å². The largest absolute Gasteiger partial charge is 0.455 e. The molecule has 2 saturated heterocycles. The lowest BCUT2D eigenvalue weighted by Crippen LogP contribution is -2.42. The van der Waals surface area contributed by atoms with Gasteiger partial charge in [0.15, 0.2) is 5.65 Å². The lowest BCUT2D eigenvalue weighted by atomic mass is 9.99. The Morgan fingerprint density at radius 3 is 2.74 bits per heavy atom. The number of nitrogens with one attached hydrogen (secondary N) is 1. The zero-order chi connectivity index (χ0) is 30.2. The number of imidazole rings is 1. The first-order valence-electron chi connectivity index (χ1n) is 14.4. The van der Waals surface area contributed by atoms with Crippen molar-refractivity contribution in [2.75, 3.05) is 25.0 Å². The molecule has 6 rings (SSSR count). The third-order valence-electron chi connectivity index (χ3n) is 8.36. The number of aromatic nitrogens is 5. The number of nitrogens with zero attached hydrogens (tertiary/aromatic N) is 7. The van der Waals surface area contributed by atoms with E-state index in [4.69, 9.17) is 4.74 Å². The molecule has 2 bridgehead atoms. The fraction of sp³-hybridized carbons (Fsp3) is 0.303. The van der Waals surface area contributed by atoms with Crippen molar-refractivity contribution in [2.24, 2.45) is 13.0 Å². The summed E-state index contributed by atoms with van der Waals surface area (Å²) in [5, 5.41) is 4.89. The number of piperidine rings is 1. The van der Waals surface area contributed by atoms with E-state index >= 15 is 0 Å². The maximum absolute atomic E-state index is 12.2. The fourth-order valence-electron chi connectivity index (χ4n) is 5.96. The molecule has 0 radical (unpaired) electrons. The molecule has 1 aromatic carbocycles.